The second-order valence-electron chi connectivity index (χ2n) is 7.26. The number of nitrogens with one attached hydrogen (secondary N) is 1. The van der Waals surface area contributed by atoms with Gasteiger partial charge in [-0.2, -0.15) is 0 Å². The Hall–Kier alpha value is -2.08. The van der Waals surface area contributed by atoms with Gasteiger partial charge in [0.2, 0.25) is 5.91 Å². The van der Waals surface area contributed by atoms with Crippen LogP contribution in [0.1, 0.15) is 24.1 Å². The van der Waals surface area contributed by atoms with Gasteiger partial charge in [-0.25, -0.2) is 0 Å². The Morgan fingerprint density at radius 1 is 1.18 bits per heavy atom. The summed E-state index contributed by atoms with van der Waals surface area (Å²) in [7, 11) is 1.61. The van der Waals surface area contributed by atoms with Gasteiger partial charge in [0.25, 0.3) is 0 Å². The van der Waals surface area contributed by atoms with Crippen molar-refractivity contribution in [3.63, 3.8) is 0 Å². The molecule has 6 heteroatoms. The fraction of sp³-hybridized carbons (Fsp3) is 0.409. The van der Waals surface area contributed by atoms with Crippen LogP contribution in [0.25, 0.3) is 0 Å². The molecule has 0 radical (unpaired) electrons. The molecule has 2 aromatic carbocycles. The first kappa shape index (κ1) is 20.6. The highest BCUT2D eigenvalue weighted by Crippen LogP contribution is 2.28. The number of aryl methyl sites for hydroxylation is 1. The van der Waals surface area contributed by atoms with Crippen LogP contribution in [0, 0.1) is 6.92 Å². The zero-order valence-electron chi connectivity index (χ0n) is 16.7. The third-order valence-corrected chi connectivity index (χ3v) is 5.65. The Morgan fingerprint density at radius 3 is 2.57 bits per heavy atom. The van der Waals surface area contributed by atoms with Gasteiger partial charge < -0.3 is 10.1 Å². The molecule has 1 saturated heterocycles. The number of methoxy groups -OCH3 is 1. The molecule has 0 aromatic heterocycles. The molecule has 150 valence electrons. The van der Waals surface area contributed by atoms with Gasteiger partial charge in [0.1, 0.15) is 5.75 Å². The molecule has 1 aliphatic heterocycles. The Bertz CT molecular complexity index is 819. The number of benzene rings is 2. The second kappa shape index (κ2) is 9.41. The Balaban J connectivity index is 1.52. The Labute approximate surface area is 172 Å². The van der Waals surface area contributed by atoms with Gasteiger partial charge >= 0.3 is 0 Å². The molecular weight excluding hydrogens is 374 g/mol. The van der Waals surface area contributed by atoms with E-state index < -0.39 is 0 Å². The zero-order chi connectivity index (χ0) is 20.1. The van der Waals surface area contributed by atoms with Crippen molar-refractivity contribution in [2.45, 2.75) is 19.9 Å². The first-order chi connectivity index (χ1) is 13.5. The van der Waals surface area contributed by atoms with E-state index in [1.54, 1.807) is 7.11 Å². The highest BCUT2D eigenvalue weighted by molar-refractivity contribution is 6.31. The number of carbonyl (C=O) groups is 1. The number of amides is 1. The molecule has 1 unspecified atom stereocenters. The van der Waals surface area contributed by atoms with E-state index in [1.807, 2.05) is 43.3 Å². The second-order valence-corrected chi connectivity index (χ2v) is 7.67. The van der Waals surface area contributed by atoms with Crippen molar-refractivity contribution in [2.24, 2.45) is 0 Å². The van der Waals surface area contributed by atoms with Crippen molar-refractivity contribution in [3.05, 3.63) is 58.6 Å². The molecule has 0 bridgehead atoms. The van der Waals surface area contributed by atoms with Crippen molar-refractivity contribution in [2.75, 3.05) is 45.2 Å². The maximum Gasteiger partial charge on any atom is 0.238 e. The van der Waals surface area contributed by atoms with Crippen LogP contribution in [0.3, 0.4) is 0 Å². The number of anilines is 1. The fourth-order valence-electron chi connectivity index (χ4n) is 3.63. The highest BCUT2D eigenvalue weighted by atomic mass is 35.5. The summed E-state index contributed by atoms with van der Waals surface area (Å²) < 4.78 is 5.34. The maximum atomic E-state index is 12.5. The van der Waals surface area contributed by atoms with Crippen LogP contribution in [0.15, 0.2) is 42.5 Å². The molecule has 1 fully saturated rings. The number of ether oxygens (including phenoxy) is 1. The standard InChI is InChI=1S/C22H28ClN3O2/c1-16-8-9-21(28-3)20(14-16)24-22(27)15-25-10-12-26(13-11-25)17(2)18-6-4-5-7-19(18)23/h4-9,14,17H,10-13,15H2,1-3H3,(H,24,27). The molecule has 1 heterocycles. The lowest BCUT2D eigenvalue weighted by Crippen LogP contribution is -2.49. The third kappa shape index (κ3) is 5.04. The summed E-state index contributed by atoms with van der Waals surface area (Å²) in [5, 5.41) is 3.79. The van der Waals surface area contributed by atoms with E-state index >= 15 is 0 Å². The van der Waals surface area contributed by atoms with Gasteiger partial charge in [0.15, 0.2) is 0 Å². The molecule has 0 aliphatic carbocycles. The van der Waals surface area contributed by atoms with Gasteiger partial charge in [-0.05, 0) is 43.2 Å². The molecule has 1 aliphatic rings. The number of hydrogen-bond donors (Lipinski definition) is 1. The molecule has 2 aromatic rings. The van der Waals surface area contributed by atoms with Crippen LogP contribution in [0.4, 0.5) is 5.69 Å². The van der Waals surface area contributed by atoms with Crippen LogP contribution >= 0.6 is 11.6 Å². The molecule has 28 heavy (non-hydrogen) atoms. The zero-order valence-corrected chi connectivity index (χ0v) is 17.5. The molecular formula is C22H28ClN3O2. The number of halogens is 1. The van der Waals surface area contributed by atoms with Gasteiger partial charge in [0, 0.05) is 37.2 Å². The lowest BCUT2D eigenvalue weighted by atomic mass is 10.1. The first-order valence-corrected chi connectivity index (χ1v) is 10.0. The minimum Gasteiger partial charge on any atom is -0.495 e. The van der Waals surface area contributed by atoms with Crippen LogP contribution in [0.2, 0.25) is 5.02 Å². The quantitative estimate of drug-likeness (QED) is 0.795. The van der Waals surface area contributed by atoms with Gasteiger partial charge in [-0.15, -0.1) is 0 Å². The monoisotopic (exact) mass is 401 g/mol. The van der Waals surface area contributed by atoms with Gasteiger partial charge in [0.05, 0.1) is 19.3 Å². The normalized spacial score (nSPS) is 16.6. The summed E-state index contributed by atoms with van der Waals surface area (Å²) in [6.07, 6.45) is 0. The summed E-state index contributed by atoms with van der Waals surface area (Å²) in [6.45, 7) is 8.09. The van der Waals surface area contributed by atoms with Crippen molar-refractivity contribution in [1.82, 2.24) is 9.80 Å². The van der Waals surface area contributed by atoms with E-state index in [0.29, 0.717) is 12.3 Å². The minimum atomic E-state index is -0.0171. The molecule has 5 nitrogen and oxygen atoms in total. The third-order valence-electron chi connectivity index (χ3n) is 5.31. The van der Waals surface area contributed by atoms with Crippen LogP contribution in [-0.4, -0.2) is 55.5 Å². The molecule has 0 spiro atoms. The van der Waals surface area contributed by atoms with E-state index in [9.17, 15) is 4.79 Å². The summed E-state index contributed by atoms with van der Waals surface area (Å²) in [5.41, 5.74) is 2.96. The molecule has 1 atom stereocenters. The lowest BCUT2D eigenvalue weighted by Gasteiger charge is -2.38. The summed E-state index contributed by atoms with van der Waals surface area (Å²) >= 11 is 6.35. The van der Waals surface area contributed by atoms with Crippen LogP contribution < -0.4 is 10.1 Å². The van der Waals surface area contributed by atoms with E-state index in [1.165, 1.54) is 0 Å². The van der Waals surface area contributed by atoms with Gasteiger partial charge in [-0.3, -0.25) is 14.6 Å². The highest BCUT2D eigenvalue weighted by Gasteiger charge is 2.24. The van der Waals surface area contributed by atoms with Crippen molar-refractivity contribution in [1.29, 1.82) is 0 Å². The van der Waals surface area contributed by atoms with E-state index in [4.69, 9.17) is 16.3 Å². The van der Waals surface area contributed by atoms with Crippen LogP contribution in [0.5, 0.6) is 5.75 Å². The number of rotatable bonds is 6. The molecule has 1 N–H and O–H groups in total. The summed E-state index contributed by atoms with van der Waals surface area (Å²) in [4.78, 5) is 17.1. The van der Waals surface area contributed by atoms with Crippen LogP contribution in [-0.2, 0) is 4.79 Å². The van der Waals surface area contributed by atoms with Crippen molar-refractivity contribution in [3.8, 4) is 5.75 Å². The van der Waals surface area contributed by atoms with Crippen molar-refractivity contribution < 1.29 is 9.53 Å². The lowest BCUT2D eigenvalue weighted by molar-refractivity contribution is -0.117. The van der Waals surface area contributed by atoms with E-state index in [2.05, 4.69) is 28.1 Å². The van der Waals surface area contributed by atoms with Crippen molar-refractivity contribution >= 4 is 23.2 Å². The number of carbonyl (C=O) groups excluding carboxylic acids is 1. The summed E-state index contributed by atoms with van der Waals surface area (Å²) in [6, 6.07) is 14.0. The number of hydrogen-bond acceptors (Lipinski definition) is 4. The largest absolute Gasteiger partial charge is 0.495 e. The topological polar surface area (TPSA) is 44.8 Å². The predicted molar refractivity (Wildman–Crippen MR) is 114 cm³/mol. The van der Waals surface area contributed by atoms with Gasteiger partial charge in [-0.1, -0.05) is 35.9 Å². The fourth-order valence-corrected chi connectivity index (χ4v) is 3.93. The summed E-state index contributed by atoms with van der Waals surface area (Å²) in [5.74, 6) is 0.661. The predicted octanol–water partition coefficient (Wildman–Crippen LogP) is 3.97. The molecule has 3 rings (SSSR count). The smallest absolute Gasteiger partial charge is 0.238 e. The van der Waals surface area contributed by atoms with E-state index in [0.717, 1.165) is 48.0 Å². The van der Waals surface area contributed by atoms with E-state index in [-0.39, 0.29) is 11.9 Å². The average Bonchev–Trinajstić information content (AvgIpc) is 2.68. The molecule has 1 amide bonds. The minimum absolute atomic E-state index is 0.0171. The first-order valence-electron chi connectivity index (χ1n) is 9.63. The Kier molecular flexibility index (Phi) is 6.94. The number of piperazine rings is 1. The molecule has 0 saturated carbocycles. The maximum absolute atomic E-state index is 12.5. The average molecular weight is 402 g/mol. The number of nitrogens with zero attached hydrogens (tertiary/aromatic N) is 2. The SMILES string of the molecule is COc1ccc(C)cc1NC(=O)CN1CCN(C(C)c2ccccc2Cl)CC1. The Morgan fingerprint density at radius 2 is 1.89 bits per heavy atom.